The summed E-state index contributed by atoms with van der Waals surface area (Å²) in [6.07, 6.45) is 4.50. The van der Waals surface area contributed by atoms with Crippen LogP contribution in [-0.2, 0) is 10.0 Å². The van der Waals surface area contributed by atoms with Crippen molar-refractivity contribution in [2.45, 2.75) is 37.8 Å². The van der Waals surface area contributed by atoms with Gasteiger partial charge in [0.25, 0.3) is 10.0 Å². The van der Waals surface area contributed by atoms with Crippen molar-refractivity contribution >= 4 is 10.0 Å². The van der Waals surface area contributed by atoms with Crippen LogP contribution in [0.3, 0.4) is 0 Å². The van der Waals surface area contributed by atoms with Crippen molar-refractivity contribution in [3.8, 4) is 0 Å². The van der Waals surface area contributed by atoms with Crippen LogP contribution in [0.1, 0.15) is 26.7 Å². The number of nitrogens with one attached hydrogen (secondary N) is 1. The topological polar surface area (TPSA) is 66.1 Å². The van der Waals surface area contributed by atoms with Crippen molar-refractivity contribution in [3.05, 3.63) is 12.5 Å². The van der Waals surface area contributed by atoms with E-state index in [0.29, 0.717) is 0 Å². The molecule has 0 saturated heterocycles. The van der Waals surface area contributed by atoms with Crippen LogP contribution >= 0.6 is 0 Å². The molecule has 0 bridgehead atoms. The second-order valence-corrected chi connectivity index (χ2v) is 5.54. The number of imidazole rings is 1. The van der Waals surface area contributed by atoms with E-state index in [1.54, 1.807) is 7.05 Å². The van der Waals surface area contributed by atoms with Gasteiger partial charge >= 0.3 is 0 Å². The van der Waals surface area contributed by atoms with Crippen LogP contribution in [0, 0.1) is 0 Å². The molecule has 0 aromatic carbocycles. The van der Waals surface area contributed by atoms with Gasteiger partial charge in [0, 0.05) is 13.1 Å². The van der Waals surface area contributed by atoms with Gasteiger partial charge in [-0.25, -0.2) is 13.4 Å². The Bertz CT molecular complexity index is 385. The average molecular weight is 231 g/mol. The Kier molecular flexibility index (Phi) is 3.87. The van der Waals surface area contributed by atoms with Gasteiger partial charge in [-0.05, 0) is 13.3 Å². The Morgan fingerprint density at radius 1 is 1.60 bits per heavy atom. The third-order valence-corrected chi connectivity index (χ3v) is 4.35. The maximum absolute atomic E-state index is 12.0. The first-order valence-corrected chi connectivity index (χ1v) is 6.40. The van der Waals surface area contributed by atoms with Gasteiger partial charge in [0.05, 0.1) is 12.5 Å². The molecule has 15 heavy (non-hydrogen) atoms. The van der Waals surface area contributed by atoms with Gasteiger partial charge in [-0.15, -0.1) is 0 Å². The molecule has 0 spiro atoms. The van der Waals surface area contributed by atoms with E-state index < -0.39 is 10.0 Å². The van der Waals surface area contributed by atoms with Gasteiger partial charge in [-0.2, -0.15) is 4.31 Å². The van der Waals surface area contributed by atoms with Crippen molar-refractivity contribution < 1.29 is 8.42 Å². The Balaban J connectivity index is 2.88. The summed E-state index contributed by atoms with van der Waals surface area (Å²) in [5, 5.41) is 0.146. The molecule has 5 nitrogen and oxygen atoms in total. The Morgan fingerprint density at radius 2 is 2.27 bits per heavy atom. The fourth-order valence-electron chi connectivity index (χ4n) is 1.38. The molecule has 86 valence electrons. The SMILES string of the molecule is CCCC(C)N(C)S(=O)(=O)c1cnc[nH]1. The zero-order valence-corrected chi connectivity index (χ0v) is 10.1. The van der Waals surface area contributed by atoms with Crippen LogP contribution in [0.5, 0.6) is 0 Å². The van der Waals surface area contributed by atoms with E-state index in [9.17, 15) is 8.42 Å². The second-order valence-electron chi connectivity index (χ2n) is 3.57. The molecule has 0 fully saturated rings. The second kappa shape index (κ2) is 4.76. The van der Waals surface area contributed by atoms with Crippen LogP contribution in [0.15, 0.2) is 17.6 Å². The lowest BCUT2D eigenvalue weighted by atomic mass is 10.2. The number of rotatable bonds is 5. The number of hydrogen-bond donors (Lipinski definition) is 1. The van der Waals surface area contributed by atoms with E-state index in [1.165, 1.54) is 16.8 Å². The van der Waals surface area contributed by atoms with Crippen molar-refractivity contribution in [3.63, 3.8) is 0 Å². The van der Waals surface area contributed by atoms with Gasteiger partial charge in [-0.1, -0.05) is 13.3 Å². The predicted molar refractivity (Wildman–Crippen MR) is 57.9 cm³/mol. The number of aromatic nitrogens is 2. The minimum absolute atomic E-state index is 0.00306. The standard InChI is InChI=1S/C9H17N3O2S/c1-4-5-8(2)12(3)15(13,14)9-6-10-7-11-9/h6-8H,4-5H2,1-3H3,(H,10,11). The molecular formula is C9H17N3O2S. The third kappa shape index (κ3) is 2.57. The summed E-state index contributed by atoms with van der Waals surface area (Å²) < 4.78 is 25.3. The minimum Gasteiger partial charge on any atom is -0.335 e. The lowest BCUT2D eigenvalue weighted by Crippen LogP contribution is -2.35. The Labute approximate surface area is 90.6 Å². The van der Waals surface area contributed by atoms with Crippen molar-refractivity contribution in [2.24, 2.45) is 0 Å². The highest BCUT2D eigenvalue weighted by Crippen LogP contribution is 2.15. The molecular weight excluding hydrogens is 214 g/mol. The van der Waals surface area contributed by atoms with E-state index in [2.05, 4.69) is 9.97 Å². The molecule has 1 atom stereocenters. The minimum atomic E-state index is -3.40. The predicted octanol–water partition coefficient (Wildman–Crippen LogP) is 1.22. The molecule has 0 amide bonds. The third-order valence-electron chi connectivity index (χ3n) is 2.46. The first kappa shape index (κ1) is 12.2. The fraction of sp³-hybridized carbons (Fsp3) is 0.667. The lowest BCUT2D eigenvalue weighted by Gasteiger charge is -2.22. The van der Waals surface area contributed by atoms with Gasteiger partial charge in [-0.3, -0.25) is 0 Å². The van der Waals surface area contributed by atoms with Crippen LogP contribution in [-0.4, -0.2) is 35.8 Å². The van der Waals surface area contributed by atoms with E-state index in [-0.39, 0.29) is 11.1 Å². The molecule has 6 heteroatoms. The smallest absolute Gasteiger partial charge is 0.260 e. The van der Waals surface area contributed by atoms with Gasteiger partial charge in [0.15, 0.2) is 5.03 Å². The quantitative estimate of drug-likeness (QED) is 0.828. The van der Waals surface area contributed by atoms with Crippen molar-refractivity contribution in [1.82, 2.24) is 14.3 Å². The maximum atomic E-state index is 12.0. The summed E-state index contributed by atoms with van der Waals surface area (Å²) in [6.45, 7) is 3.94. The average Bonchev–Trinajstić information content (AvgIpc) is 2.70. The summed E-state index contributed by atoms with van der Waals surface area (Å²) >= 11 is 0. The van der Waals surface area contributed by atoms with Crippen LogP contribution in [0.2, 0.25) is 0 Å². The highest BCUT2D eigenvalue weighted by molar-refractivity contribution is 7.89. The highest BCUT2D eigenvalue weighted by Gasteiger charge is 2.25. The first-order valence-electron chi connectivity index (χ1n) is 4.96. The largest absolute Gasteiger partial charge is 0.335 e. The number of nitrogens with zero attached hydrogens (tertiary/aromatic N) is 2. The molecule has 1 aromatic heterocycles. The van der Waals surface area contributed by atoms with Crippen LogP contribution in [0.4, 0.5) is 0 Å². The van der Waals surface area contributed by atoms with Crippen LogP contribution < -0.4 is 0 Å². The number of hydrogen-bond acceptors (Lipinski definition) is 3. The summed E-state index contributed by atoms with van der Waals surface area (Å²) in [7, 11) is -1.81. The molecule has 0 radical (unpaired) electrons. The molecule has 0 aliphatic heterocycles. The zero-order chi connectivity index (χ0) is 11.5. The number of aromatic amines is 1. The van der Waals surface area contributed by atoms with Crippen LogP contribution in [0.25, 0.3) is 0 Å². The number of sulfonamides is 1. The van der Waals surface area contributed by atoms with Gasteiger partial charge in [0.2, 0.25) is 0 Å². The van der Waals surface area contributed by atoms with E-state index >= 15 is 0 Å². The molecule has 1 rings (SSSR count). The molecule has 0 aliphatic carbocycles. The maximum Gasteiger partial charge on any atom is 0.260 e. The molecule has 0 saturated carbocycles. The summed E-state index contributed by atoms with van der Waals surface area (Å²) in [6, 6.07) is 0.00306. The van der Waals surface area contributed by atoms with Gasteiger partial charge in [0.1, 0.15) is 0 Å². The molecule has 0 aliphatic rings. The van der Waals surface area contributed by atoms with Crippen molar-refractivity contribution in [2.75, 3.05) is 7.05 Å². The van der Waals surface area contributed by atoms with E-state index in [0.717, 1.165) is 12.8 Å². The Morgan fingerprint density at radius 3 is 2.73 bits per heavy atom. The summed E-state index contributed by atoms with van der Waals surface area (Å²) in [5.41, 5.74) is 0. The van der Waals surface area contributed by atoms with E-state index in [1.807, 2.05) is 13.8 Å². The molecule has 1 aromatic rings. The molecule has 1 unspecified atom stereocenters. The van der Waals surface area contributed by atoms with E-state index in [4.69, 9.17) is 0 Å². The summed E-state index contributed by atoms with van der Waals surface area (Å²) in [5.74, 6) is 0. The summed E-state index contributed by atoms with van der Waals surface area (Å²) in [4.78, 5) is 6.33. The normalized spacial score (nSPS) is 14.4. The lowest BCUT2D eigenvalue weighted by molar-refractivity contribution is 0.367. The van der Waals surface area contributed by atoms with Crippen molar-refractivity contribution in [1.29, 1.82) is 0 Å². The first-order chi connectivity index (χ1) is 7.00. The zero-order valence-electron chi connectivity index (χ0n) is 9.27. The Hall–Kier alpha value is -0.880. The fourth-order valence-corrected chi connectivity index (χ4v) is 2.66. The molecule has 1 N–H and O–H groups in total. The number of H-pyrrole nitrogens is 1. The molecule has 1 heterocycles. The highest BCUT2D eigenvalue weighted by atomic mass is 32.2. The van der Waals surface area contributed by atoms with Gasteiger partial charge < -0.3 is 4.98 Å². The monoisotopic (exact) mass is 231 g/mol.